The average molecular weight is 408 g/mol. The molecule has 1 atom stereocenters. The zero-order chi connectivity index (χ0) is 15.1. The van der Waals surface area contributed by atoms with Gasteiger partial charge in [-0.1, -0.05) is 22.9 Å². The van der Waals surface area contributed by atoms with Crippen molar-refractivity contribution < 1.29 is 14.7 Å². The number of carbonyl (C=O) groups is 2. The summed E-state index contributed by atoms with van der Waals surface area (Å²) in [6.45, 7) is 2.10. The van der Waals surface area contributed by atoms with Crippen LogP contribution in [0.2, 0.25) is 0 Å². The van der Waals surface area contributed by atoms with Crippen molar-refractivity contribution >= 4 is 49.5 Å². The van der Waals surface area contributed by atoms with Crippen LogP contribution in [0, 0.1) is 5.92 Å². The van der Waals surface area contributed by atoms with Gasteiger partial charge in [0.1, 0.15) is 0 Å². The molecule has 1 rings (SSSR count). The summed E-state index contributed by atoms with van der Waals surface area (Å²) >= 11 is 6.69. The van der Waals surface area contributed by atoms with Crippen molar-refractivity contribution in [2.45, 2.75) is 19.8 Å². The van der Waals surface area contributed by atoms with Crippen LogP contribution in [0.5, 0.6) is 0 Å². The van der Waals surface area contributed by atoms with Gasteiger partial charge in [0, 0.05) is 15.5 Å². The van der Waals surface area contributed by atoms with E-state index in [-0.39, 0.29) is 11.9 Å². The van der Waals surface area contributed by atoms with E-state index >= 15 is 0 Å². The molecule has 0 aliphatic heterocycles. The Labute approximate surface area is 134 Å². The predicted octanol–water partition coefficient (Wildman–Crippen LogP) is 3.83. The van der Waals surface area contributed by atoms with Crippen molar-refractivity contribution in [3.63, 3.8) is 0 Å². The molecule has 110 valence electrons. The van der Waals surface area contributed by atoms with E-state index < -0.39 is 5.97 Å². The van der Waals surface area contributed by atoms with Gasteiger partial charge in [0.25, 0.3) is 0 Å². The van der Waals surface area contributed by atoms with Crippen molar-refractivity contribution in [2.75, 3.05) is 11.9 Å². The Morgan fingerprint density at radius 3 is 2.65 bits per heavy atom. The van der Waals surface area contributed by atoms with Gasteiger partial charge in [0.2, 0.25) is 0 Å². The summed E-state index contributed by atoms with van der Waals surface area (Å²) in [5, 5.41) is 14.1. The van der Waals surface area contributed by atoms with Crippen LogP contribution < -0.4 is 10.6 Å². The van der Waals surface area contributed by atoms with E-state index in [0.29, 0.717) is 25.1 Å². The van der Waals surface area contributed by atoms with Crippen LogP contribution in [0.3, 0.4) is 0 Å². The monoisotopic (exact) mass is 406 g/mol. The first-order valence-corrected chi connectivity index (χ1v) is 7.71. The molecule has 3 N–H and O–H groups in total. The number of hydrogen-bond acceptors (Lipinski definition) is 2. The zero-order valence-corrected chi connectivity index (χ0v) is 14.1. The number of halogens is 2. The molecule has 0 saturated heterocycles. The predicted molar refractivity (Wildman–Crippen MR) is 84.9 cm³/mol. The first-order chi connectivity index (χ1) is 9.40. The fraction of sp³-hybridized carbons (Fsp3) is 0.385. The normalized spacial score (nSPS) is 11.8. The van der Waals surface area contributed by atoms with E-state index in [0.717, 1.165) is 8.95 Å². The highest BCUT2D eigenvalue weighted by atomic mass is 79.9. The molecule has 0 aromatic heterocycles. The Balaban J connectivity index is 2.32. The first kappa shape index (κ1) is 17.0. The molecule has 1 aromatic carbocycles. The second-order valence-corrected chi connectivity index (χ2v) is 6.16. The second-order valence-electron chi connectivity index (χ2n) is 4.39. The molecule has 0 aliphatic rings. The number of urea groups is 1. The maximum Gasteiger partial charge on any atom is 0.319 e. The molecular formula is C13H16Br2N2O3. The number of carboxylic acids is 1. The minimum absolute atomic E-state index is 0.309. The van der Waals surface area contributed by atoms with Gasteiger partial charge in [-0.15, -0.1) is 0 Å². The molecule has 0 heterocycles. The van der Waals surface area contributed by atoms with Crippen molar-refractivity contribution in [2.24, 2.45) is 5.92 Å². The van der Waals surface area contributed by atoms with E-state index in [1.54, 1.807) is 13.0 Å². The molecule has 20 heavy (non-hydrogen) atoms. The lowest BCUT2D eigenvalue weighted by molar-refractivity contribution is -0.141. The summed E-state index contributed by atoms with van der Waals surface area (Å²) in [7, 11) is 0. The summed E-state index contributed by atoms with van der Waals surface area (Å²) in [6.07, 6.45) is 1.17. The number of rotatable bonds is 6. The smallest absolute Gasteiger partial charge is 0.319 e. The Kier molecular flexibility index (Phi) is 7.01. The van der Waals surface area contributed by atoms with Crippen molar-refractivity contribution in [1.29, 1.82) is 0 Å². The second kappa shape index (κ2) is 8.26. The highest BCUT2D eigenvalue weighted by Gasteiger charge is 2.10. The Morgan fingerprint density at radius 1 is 1.35 bits per heavy atom. The summed E-state index contributed by atoms with van der Waals surface area (Å²) in [5.74, 6) is -1.20. The molecular weight excluding hydrogens is 392 g/mol. The lowest BCUT2D eigenvalue weighted by atomic mass is 10.1. The minimum atomic E-state index is -0.812. The van der Waals surface area contributed by atoms with Crippen LogP contribution in [0.1, 0.15) is 19.8 Å². The van der Waals surface area contributed by atoms with Crippen LogP contribution >= 0.6 is 31.9 Å². The molecule has 0 saturated carbocycles. The topological polar surface area (TPSA) is 78.4 Å². The zero-order valence-electron chi connectivity index (χ0n) is 11.0. The molecule has 0 aliphatic carbocycles. The molecule has 1 aromatic rings. The third-order valence-electron chi connectivity index (χ3n) is 2.70. The highest BCUT2D eigenvalue weighted by molar-refractivity contribution is 9.11. The van der Waals surface area contributed by atoms with Gasteiger partial charge in [-0.3, -0.25) is 4.79 Å². The third kappa shape index (κ3) is 5.92. The van der Waals surface area contributed by atoms with Gasteiger partial charge in [-0.2, -0.15) is 0 Å². The van der Waals surface area contributed by atoms with Crippen LogP contribution in [0.4, 0.5) is 10.5 Å². The maximum absolute atomic E-state index is 11.7. The highest BCUT2D eigenvalue weighted by Crippen LogP contribution is 2.25. The van der Waals surface area contributed by atoms with E-state index in [4.69, 9.17) is 5.11 Å². The van der Waals surface area contributed by atoms with Gasteiger partial charge in [0.15, 0.2) is 0 Å². The summed E-state index contributed by atoms with van der Waals surface area (Å²) in [4.78, 5) is 22.3. The molecule has 5 nitrogen and oxygen atoms in total. The fourth-order valence-electron chi connectivity index (χ4n) is 1.49. The van der Waals surface area contributed by atoms with Crippen molar-refractivity contribution in [3.05, 3.63) is 27.1 Å². The van der Waals surface area contributed by atoms with E-state index in [1.807, 2.05) is 12.1 Å². The number of carbonyl (C=O) groups excluding carboxylic acids is 1. The quantitative estimate of drug-likeness (QED) is 0.627. The van der Waals surface area contributed by atoms with Gasteiger partial charge in [-0.25, -0.2) is 4.79 Å². The fourth-order valence-corrected chi connectivity index (χ4v) is 2.64. The molecule has 0 radical (unpaired) electrons. The molecule has 0 fully saturated rings. The van der Waals surface area contributed by atoms with Crippen molar-refractivity contribution in [3.8, 4) is 0 Å². The van der Waals surface area contributed by atoms with Crippen LogP contribution in [-0.4, -0.2) is 23.7 Å². The van der Waals surface area contributed by atoms with E-state index in [1.165, 1.54) is 0 Å². The first-order valence-electron chi connectivity index (χ1n) is 6.13. The van der Waals surface area contributed by atoms with Gasteiger partial charge in [0.05, 0.1) is 11.6 Å². The Bertz CT molecular complexity index is 495. The van der Waals surface area contributed by atoms with Crippen LogP contribution in [-0.2, 0) is 4.79 Å². The van der Waals surface area contributed by atoms with E-state index in [2.05, 4.69) is 42.5 Å². The number of anilines is 1. The number of amides is 2. The number of nitrogens with one attached hydrogen (secondary N) is 2. The number of carboxylic acid groups (broad SMARTS) is 1. The lowest BCUT2D eigenvalue weighted by Crippen LogP contribution is -2.30. The number of benzene rings is 1. The van der Waals surface area contributed by atoms with Crippen LogP contribution in [0.15, 0.2) is 27.1 Å². The van der Waals surface area contributed by atoms with Crippen LogP contribution in [0.25, 0.3) is 0 Å². The number of aliphatic carboxylic acids is 1. The molecule has 2 amide bonds. The van der Waals surface area contributed by atoms with Crippen molar-refractivity contribution in [1.82, 2.24) is 5.32 Å². The minimum Gasteiger partial charge on any atom is -0.481 e. The van der Waals surface area contributed by atoms with Gasteiger partial charge in [-0.05, 0) is 47.0 Å². The van der Waals surface area contributed by atoms with Gasteiger partial charge < -0.3 is 15.7 Å². The standard InChI is InChI=1S/C13H16Br2N2O3/c1-8(12(18)19)3-2-6-16-13(20)17-11-5-4-9(14)7-10(11)15/h4-5,7-8H,2-3,6H2,1H3,(H,18,19)(H2,16,17,20). The molecule has 1 unspecified atom stereocenters. The van der Waals surface area contributed by atoms with Gasteiger partial charge >= 0.3 is 12.0 Å². The summed E-state index contributed by atoms with van der Waals surface area (Å²) in [5.41, 5.74) is 0.671. The SMILES string of the molecule is CC(CCCNC(=O)Nc1ccc(Br)cc1Br)C(=O)O. The molecule has 0 spiro atoms. The Morgan fingerprint density at radius 2 is 2.05 bits per heavy atom. The summed E-state index contributed by atoms with van der Waals surface area (Å²) < 4.78 is 1.69. The maximum atomic E-state index is 11.7. The molecule has 7 heteroatoms. The summed E-state index contributed by atoms with van der Waals surface area (Å²) in [6, 6.07) is 5.13. The number of hydrogen-bond donors (Lipinski definition) is 3. The third-order valence-corrected chi connectivity index (χ3v) is 3.85. The lowest BCUT2D eigenvalue weighted by Gasteiger charge is -2.10. The average Bonchev–Trinajstić information content (AvgIpc) is 2.37. The molecule has 0 bridgehead atoms. The van der Waals surface area contributed by atoms with E-state index in [9.17, 15) is 9.59 Å². The largest absolute Gasteiger partial charge is 0.481 e. The Hall–Kier alpha value is -1.08.